The first-order valence-corrected chi connectivity index (χ1v) is 11.1. The van der Waals surface area contributed by atoms with Gasteiger partial charge in [0.15, 0.2) is 11.2 Å². The average molecular weight is 468 g/mol. The van der Waals surface area contributed by atoms with E-state index >= 15 is 0 Å². The summed E-state index contributed by atoms with van der Waals surface area (Å²) in [6, 6.07) is 14.3. The second kappa shape index (κ2) is 6.77. The van der Waals surface area contributed by atoms with Crippen LogP contribution in [-0.4, -0.2) is 35.6 Å². The molecule has 2 heterocycles. The molecule has 30 heavy (non-hydrogen) atoms. The minimum absolute atomic E-state index is 0.191. The molecule has 0 N–H and O–H groups in total. The fraction of sp³-hybridized carbons (Fsp3) is 0.375. The van der Waals surface area contributed by atoms with Crippen molar-refractivity contribution in [1.82, 2.24) is 4.90 Å². The highest BCUT2D eigenvalue weighted by Crippen LogP contribution is 2.78. The molecule has 2 aromatic carbocycles. The monoisotopic (exact) mass is 467 g/mol. The molecule has 1 saturated carbocycles. The smallest absolute Gasteiger partial charge is 0.328 e. The number of halogens is 1. The molecule has 0 spiro atoms. The minimum atomic E-state index is -1.51. The topological polar surface area (TPSA) is 63.7 Å². The zero-order valence-electron chi connectivity index (χ0n) is 16.7. The van der Waals surface area contributed by atoms with Gasteiger partial charge in [-0.2, -0.15) is 0 Å². The number of ether oxygens (including phenoxy) is 1. The van der Waals surface area contributed by atoms with Gasteiger partial charge in [0, 0.05) is 34.6 Å². The van der Waals surface area contributed by atoms with Crippen LogP contribution in [0.15, 0.2) is 53.0 Å². The minimum Gasteiger partial charge on any atom is -0.425 e. The number of esters is 1. The van der Waals surface area contributed by atoms with Crippen LogP contribution >= 0.6 is 15.9 Å². The average Bonchev–Trinajstić information content (AvgIpc) is 3.37. The Hall–Kier alpha value is -2.47. The van der Waals surface area contributed by atoms with E-state index in [0.29, 0.717) is 24.4 Å². The van der Waals surface area contributed by atoms with Crippen molar-refractivity contribution < 1.29 is 19.1 Å². The highest BCUT2D eigenvalue weighted by molar-refractivity contribution is 9.10. The number of hydrogen-bond donors (Lipinski definition) is 0. The maximum absolute atomic E-state index is 13.8. The molecule has 2 aliphatic heterocycles. The maximum Gasteiger partial charge on any atom is 0.328 e. The van der Waals surface area contributed by atoms with Crippen molar-refractivity contribution in [2.24, 2.45) is 10.8 Å². The number of carbonyl (C=O) groups excluding carboxylic acids is 3. The van der Waals surface area contributed by atoms with Crippen LogP contribution in [-0.2, 0) is 9.59 Å². The molecule has 0 unspecified atom stereocenters. The lowest BCUT2D eigenvalue weighted by molar-refractivity contribution is -0.154. The summed E-state index contributed by atoms with van der Waals surface area (Å²) in [7, 11) is 0. The molecule has 3 aliphatic rings. The zero-order valence-corrected chi connectivity index (χ0v) is 18.3. The van der Waals surface area contributed by atoms with Crippen molar-refractivity contribution in [2.45, 2.75) is 32.1 Å². The van der Waals surface area contributed by atoms with Crippen LogP contribution in [0.3, 0.4) is 0 Å². The molecule has 2 aromatic rings. The van der Waals surface area contributed by atoms with E-state index in [1.807, 2.05) is 12.1 Å². The van der Waals surface area contributed by atoms with Crippen molar-refractivity contribution in [1.29, 1.82) is 0 Å². The van der Waals surface area contributed by atoms with Gasteiger partial charge in [-0.05, 0) is 44.4 Å². The number of carbonyl (C=O) groups is 3. The standard InChI is InChI=1S/C24H22BrNO4/c1-23(20(27)15-8-4-2-5-9-15)19-17-14-16(25)10-11-18(17)30-22(29)24(19,23)21(28)26-12-6-3-7-13-26/h2,4-5,8-11,14,19H,3,6-7,12-13H2,1H3/t19-,23-,24-/m1/s1. The van der Waals surface area contributed by atoms with Gasteiger partial charge in [-0.15, -0.1) is 0 Å². The lowest BCUT2D eigenvalue weighted by Gasteiger charge is -2.32. The largest absolute Gasteiger partial charge is 0.425 e. The number of rotatable bonds is 3. The Morgan fingerprint density at radius 2 is 1.77 bits per heavy atom. The van der Waals surface area contributed by atoms with E-state index in [-0.39, 0.29) is 11.7 Å². The summed E-state index contributed by atoms with van der Waals surface area (Å²) in [5.74, 6) is -1.18. The van der Waals surface area contributed by atoms with E-state index in [1.54, 1.807) is 48.2 Å². The molecule has 1 aliphatic carbocycles. The summed E-state index contributed by atoms with van der Waals surface area (Å²) in [5, 5.41) is 0. The van der Waals surface area contributed by atoms with Crippen molar-refractivity contribution in [3.05, 3.63) is 64.1 Å². The van der Waals surface area contributed by atoms with Crippen LogP contribution in [0.5, 0.6) is 5.75 Å². The second-order valence-corrected chi connectivity index (χ2v) is 9.48. The Balaban J connectivity index is 1.68. The van der Waals surface area contributed by atoms with E-state index < -0.39 is 22.7 Å². The molecule has 5 nitrogen and oxygen atoms in total. The molecule has 0 bridgehead atoms. The summed E-state index contributed by atoms with van der Waals surface area (Å²) >= 11 is 3.48. The third-order valence-electron chi connectivity index (χ3n) is 7.04. The number of hydrogen-bond acceptors (Lipinski definition) is 4. The van der Waals surface area contributed by atoms with Crippen molar-refractivity contribution in [2.75, 3.05) is 13.1 Å². The lowest BCUT2D eigenvalue weighted by Crippen LogP contribution is -2.49. The predicted molar refractivity (Wildman–Crippen MR) is 114 cm³/mol. The zero-order chi connectivity index (χ0) is 21.1. The maximum atomic E-state index is 13.8. The Kier molecular flexibility index (Phi) is 4.40. The molecule has 0 radical (unpaired) electrons. The number of piperidine rings is 1. The van der Waals surface area contributed by atoms with Crippen LogP contribution in [0.4, 0.5) is 0 Å². The third kappa shape index (κ3) is 2.43. The Morgan fingerprint density at radius 1 is 1.07 bits per heavy atom. The molecule has 3 atom stereocenters. The number of likely N-dealkylation sites (tertiary alicyclic amines) is 1. The van der Waals surface area contributed by atoms with Crippen molar-refractivity contribution in [3.8, 4) is 5.75 Å². The highest BCUT2D eigenvalue weighted by atomic mass is 79.9. The van der Waals surface area contributed by atoms with Crippen molar-refractivity contribution in [3.63, 3.8) is 0 Å². The van der Waals surface area contributed by atoms with Gasteiger partial charge in [-0.3, -0.25) is 14.4 Å². The second-order valence-electron chi connectivity index (χ2n) is 8.56. The van der Waals surface area contributed by atoms with E-state index in [0.717, 1.165) is 29.3 Å². The van der Waals surface area contributed by atoms with Crippen LogP contribution in [0.2, 0.25) is 0 Å². The Morgan fingerprint density at radius 3 is 2.47 bits per heavy atom. The van der Waals surface area contributed by atoms with Crippen LogP contribution < -0.4 is 4.74 Å². The van der Waals surface area contributed by atoms with E-state index in [9.17, 15) is 14.4 Å². The summed E-state index contributed by atoms with van der Waals surface area (Å²) in [4.78, 5) is 42.7. The quantitative estimate of drug-likeness (QED) is 0.291. The Bertz CT molecular complexity index is 1060. The van der Waals surface area contributed by atoms with Crippen LogP contribution in [0.1, 0.15) is 48.0 Å². The number of amides is 1. The molecule has 6 heteroatoms. The first kappa shape index (κ1) is 19.5. The summed E-state index contributed by atoms with van der Waals surface area (Å²) < 4.78 is 6.50. The fourth-order valence-electron chi connectivity index (χ4n) is 5.49. The van der Waals surface area contributed by atoms with Gasteiger partial charge in [0.05, 0.1) is 5.41 Å². The van der Waals surface area contributed by atoms with Crippen LogP contribution in [0.25, 0.3) is 0 Å². The molecular formula is C24H22BrNO4. The van der Waals surface area contributed by atoms with Gasteiger partial charge in [0.25, 0.3) is 0 Å². The molecule has 2 fully saturated rings. The summed E-state index contributed by atoms with van der Waals surface area (Å²) in [6.07, 6.45) is 2.89. The fourth-order valence-corrected chi connectivity index (χ4v) is 5.87. The number of benzene rings is 2. The number of ketones is 1. The Labute approximate surface area is 183 Å². The molecule has 1 amide bonds. The van der Waals surface area contributed by atoms with E-state index in [1.165, 1.54) is 0 Å². The predicted octanol–water partition coefficient (Wildman–Crippen LogP) is 4.35. The normalized spacial score (nSPS) is 29.5. The molecule has 154 valence electrons. The van der Waals surface area contributed by atoms with Gasteiger partial charge >= 0.3 is 5.97 Å². The summed E-state index contributed by atoms with van der Waals surface area (Å²) in [6.45, 7) is 2.98. The lowest BCUT2D eigenvalue weighted by atomic mass is 9.85. The van der Waals surface area contributed by atoms with Crippen LogP contribution in [0, 0.1) is 10.8 Å². The molecular weight excluding hydrogens is 446 g/mol. The molecule has 0 aromatic heterocycles. The SMILES string of the molecule is C[C@]1(C(=O)c2ccccc2)[C@H]2c3cc(Br)ccc3OC(=O)[C@]21C(=O)N1CCCCC1. The molecule has 5 rings (SSSR count). The van der Waals surface area contributed by atoms with Crippen molar-refractivity contribution >= 4 is 33.6 Å². The first-order chi connectivity index (χ1) is 14.4. The van der Waals surface area contributed by atoms with E-state index in [4.69, 9.17) is 4.74 Å². The number of nitrogens with zero attached hydrogens (tertiary/aromatic N) is 1. The highest BCUT2D eigenvalue weighted by Gasteiger charge is 2.88. The third-order valence-corrected chi connectivity index (χ3v) is 7.54. The van der Waals surface area contributed by atoms with Gasteiger partial charge < -0.3 is 9.64 Å². The summed E-state index contributed by atoms with van der Waals surface area (Å²) in [5.41, 5.74) is -1.46. The van der Waals surface area contributed by atoms with Gasteiger partial charge in [0.1, 0.15) is 5.75 Å². The van der Waals surface area contributed by atoms with E-state index in [2.05, 4.69) is 15.9 Å². The van der Waals surface area contributed by atoms with Gasteiger partial charge in [-0.25, -0.2) is 0 Å². The van der Waals surface area contributed by atoms with Gasteiger partial charge in [0.2, 0.25) is 5.91 Å². The number of fused-ring (bicyclic) bond motifs is 3. The van der Waals surface area contributed by atoms with Gasteiger partial charge in [-0.1, -0.05) is 46.3 Å². The number of Topliss-reactive ketones (excluding diaryl/α,β-unsaturated/α-hetero) is 1. The first-order valence-electron chi connectivity index (χ1n) is 10.3. The molecule has 1 saturated heterocycles.